The topological polar surface area (TPSA) is 108 Å². The monoisotopic (exact) mass is 699 g/mol. The molecule has 0 aliphatic carbocycles. The molecule has 9 heteroatoms. The van der Waals surface area contributed by atoms with E-state index in [2.05, 4.69) is 37.4 Å². The highest BCUT2D eigenvalue weighted by atomic mass is 31.2. The number of quaternary nitrogens is 1. The third kappa shape index (κ3) is 33.2. The number of nitrogens with zero attached hydrogens (tertiary/aromatic N) is 1. The molecule has 0 spiro atoms. The summed E-state index contributed by atoms with van der Waals surface area (Å²) in [5.74, 6) is -0.224. The van der Waals surface area contributed by atoms with E-state index in [1.165, 1.54) is 103 Å². The maximum absolute atomic E-state index is 12.7. The van der Waals surface area contributed by atoms with Crippen molar-refractivity contribution in [2.45, 2.75) is 167 Å². The number of unbranched alkanes of at least 4 members (excludes halogenated alkanes) is 18. The van der Waals surface area contributed by atoms with Gasteiger partial charge in [0.15, 0.2) is 0 Å². The Bertz CT molecular complexity index is 886. The number of phosphoric ester groups is 1. The summed E-state index contributed by atoms with van der Waals surface area (Å²) in [4.78, 5) is 25.1. The van der Waals surface area contributed by atoms with Crippen molar-refractivity contribution in [3.05, 3.63) is 36.5 Å². The molecule has 0 fully saturated rings. The summed E-state index contributed by atoms with van der Waals surface area (Å²) < 4.78 is 23.0. The number of aliphatic hydroxyl groups excluding tert-OH is 1. The quantitative estimate of drug-likeness (QED) is 0.0228. The lowest BCUT2D eigenvalue weighted by Crippen LogP contribution is -2.45. The van der Waals surface area contributed by atoms with Gasteiger partial charge < -0.3 is 28.8 Å². The van der Waals surface area contributed by atoms with Gasteiger partial charge in [0.25, 0.3) is 7.82 Å². The van der Waals surface area contributed by atoms with Crippen molar-refractivity contribution in [3.8, 4) is 0 Å². The van der Waals surface area contributed by atoms with E-state index in [-0.39, 0.29) is 12.5 Å². The number of allylic oxidation sites excluding steroid dienone is 5. The Morgan fingerprint density at radius 2 is 1.21 bits per heavy atom. The predicted molar refractivity (Wildman–Crippen MR) is 201 cm³/mol. The molecular formula is C39H75N2O6P. The fourth-order valence-electron chi connectivity index (χ4n) is 5.20. The highest BCUT2D eigenvalue weighted by molar-refractivity contribution is 7.45. The molecule has 3 atom stereocenters. The van der Waals surface area contributed by atoms with E-state index in [4.69, 9.17) is 9.05 Å². The number of likely N-dealkylation sites (N-methyl/N-ethyl adjacent to an activating group) is 1. The summed E-state index contributed by atoms with van der Waals surface area (Å²) >= 11 is 0. The van der Waals surface area contributed by atoms with Gasteiger partial charge in [0.2, 0.25) is 5.91 Å². The lowest BCUT2D eigenvalue weighted by Gasteiger charge is -2.29. The van der Waals surface area contributed by atoms with Gasteiger partial charge >= 0.3 is 0 Å². The van der Waals surface area contributed by atoms with Crippen LogP contribution in [0.1, 0.15) is 155 Å². The molecule has 0 aromatic carbocycles. The van der Waals surface area contributed by atoms with Crippen molar-refractivity contribution < 1.29 is 32.9 Å². The van der Waals surface area contributed by atoms with Crippen molar-refractivity contribution in [1.29, 1.82) is 0 Å². The maximum Gasteiger partial charge on any atom is 0.268 e. The van der Waals surface area contributed by atoms with E-state index in [1.54, 1.807) is 12.2 Å². The second-order valence-electron chi connectivity index (χ2n) is 14.3. The molecule has 0 heterocycles. The Labute approximate surface area is 296 Å². The van der Waals surface area contributed by atoms with Crippen molar-refractivity contribution in [3.63, 3.8) is 0 Å². The van der Waals surface area contributed by atoms with E-state index in [9.17, 15) is 19.4 Å². The molecule has 1 unspecified atom stereocenters. The highest BCUT2D eigenvalue weighted by Gasteiger charge is 2.23. The maximum atomic E-state index is 12.7. The first-order valence-corrected chi connectivity index (χ1v) is 20.8. The highest BCUT2D eigenvalue weighted by Crippen LogP contribution is 2.38. The van der Waals surface area contributed by atoms with Crippen LogP contribution in [0.25, 0.3) is 0 Å². The molecule has 0 aliphatic heterocycles. The van der Waals surface area contributed by atoms with Crippen LogP contribution in [0.4, 0.5) is 0 Å². The van der Waals surface area contributed by atoms with Gasteiger partial charge in [-0.15, -0.1) is 0 Å². The van der Waals surface area contributed by atoms with Crippen LogP contribution in [0.15, 0.2) is 36.5 Å². The first-order chi connectivity index (χ1) is 23.0. The molecule has 2 N–H and O–H groups in total. The molecule has 0 bridgehead atoms. The van der Waals surface area contributed by atoms with Crippen molar-refractivity contribution in [2.75, 3.05) is 40.9 Å². The van der Waals surface area contributed by atoms with Gasteiger partial charge in [-0.1, -0.05) is 140 Å². The molecule has 0 saturated heterocycles. The summed E-state index contributed by atoms with van der Waals surface area (Å²) in [6.07, 6.45) is 36.3. The van der Waals surface area contributed by atoms with Gasteiger partial charge in [-0.3, -0.25) is 9.36 Å². The Morgan fingerprint density at radius 3 is 1.73 bits per heavy atom. The largest absolute Gasteiger partial charge is 0.756 e. The van der Waals surface area contributed by atoms with E-state index < -0.39 is 26.6 Å². The minimum Gasteiger partial charge on any atom is -0.756 e. The van der Waals surface area contributed by atoms with Crippen molar-refractivity contribution in [2.24, 2.45) is 0 Å². The van der Waals surface area contributed by atoms with Gasteiger partial charge in [-0.05, 0) is 44.9 Å². The third-order valence-electron chi connectivity index (χ3n) is 8.38. The minimum atomic E-state index is -4.59. The van der Waals surface area contributed by atoms with E-state index in [0.717, 1.165) is 32.1 Å². The van der Waals surface area contributed by atoms with E-state index >= 15 is 0 Å². The lowest BCUT2D eigenvalue weighted by atomic mass is 10.1. The fourth-order valence-corrected chi connectivity index (χ4v) is 5.93. The molecule has 0 radical (unpaired) electrons. The number of phosphoric acid groups is 1. The van der Waals surface area contributed by atoms with Gasteiger partial charge in [-0.25, -0.2) is 0 Å². The molecule has 0 aromatic heterocycles. The summed E-state index contributed by atoms with van der Waals surface area (Å²) in [5.41, 5.74) is 0. The Kier molecular flexibility index (Phi) is 30.8. The van der Waals surface area contributed by atoms with Gasteiger partial charge in [0, 0.05) is 6.42 Å². The Hall–Kier alpha value is -1.28. The van der Waals surface area contributed by atoms with Crippen LogP contribution in [-0.2, 0) is 18.4 Å². The molecule has 8 nitrogen and oxygen atoms in total. The molecule has 282 valence electrons. The first-order valence-electron chi connectivity index (χ1n) is 19.4. The first kappa shape index (κ1) is 46.7. The number of carbonyl (C=O) groups is 1. The molecule has 1 amide bonds. The van der Waals surface area contributed by atoms with Gasteiger partial charge in [-0.2, -0.15) is 0 Å². The third-order valence-corrected chi connectivity index (χ3v) is 9.34. The Morgan fingerprint density at radius 1 is 0.729 bits per heavy atom. The number of rotatable bonds is 34. The van der Waals surface area contributed by atoms with Crippen LogP contribution < -0.4 is 10.2 Å². The molecule has 0 rings (SSSR count). The second-order valence-corrected chi connectivity index (χ2v) is 15.7. The number of amides is 1. The minimum absolute atomic E-state index is 0.0106. The normalized spacial score (nSPS) is 15.1. The second kappa shape index (κ2) is 31.7. The van der Waals surface area contributed by atoms with Gasteiger partial charge in [0.05, 0.1) is 39.9 Å². The average molecular weight is 699 g/mol. The van der Waals surface area contributed by atoms with Crippen LogP contribution in [0.5, 0.6) is 0 Å². The van der Waals surface area contributed by atoms with Crippen LogP contribution in [0.3, 0.4) is 0 Å². The average Bonchev–Trinajstić information content (AvgIpc) is 3.02. The number of nitrogens with one attached hydrogen (secondary N) is 1. The number of aliphatic hydroxyl groups is 1. The summed E-state index contributed by atoms with van der Waals surface area (Å²) in [6.45, 7) is 4.53. The standard InChI is InChI=1S/C39H75N2O6P/c1-6-8-10-12-14-16-17-18-19-20-21-22-23-25-27-29-31-33-39(43)40-37(36-47-48(44,45)46-35-34-41(3,4)5)38(42)32-30-28-26-24-15-13-11-9-7-2/h18-19,26,28,30,32,37-38,42H,6-17,20-25,27,29,31,33-36H2,1-5H3,(H-,40,43,44,45)/b19-18+,28-26+,32-30+/t37-,38+/m0/s1. The summed E-state index contributed by atoms with van der Waals surface area (Å²) in [6, 6.07) is -0.916. The molecular weight excluding hydrogens is 623 g/mol. The SMILES string of the molecule is CCCCCCC/C=C/C=C/[C@@H](O)[C@H](COP(=O)([O-])OCC[N+](C)(C)C)NC(=O)CCCCCCCCC/C=C/CCCCCCCC. The smallest absolute Gasteiger partial charge is 0.268 e. The lowest BCUT2D eigenvalue weighted by molar-refractivity contribution is -0.870. The molecule has 0 saturated carbocycles. The van der Waals surface area contributed by atoms with Crippen LogP contribution in [0, 0.1) is 0 Å². The number of carbonyl (C=O) groups excluding carboxylic acids is 1. The number of hydrogen-bond acceptors (Lipinski definition) is 6. The molecule has 48 heavy (non-hydrogen) atoms. The van der Waals surface area contributed by atoms with Crippen molar-refractivity contribution >= 4 is 13.7 Å². The van der Waals surface area contributed by atoms with E-state index in [1.807, 2.05) is 27.2 Å². The molecule has 0 aromatic rings. The van der Waals surface area contributed by atoms with Crippen LogP contribution >= 0.6 is 7.82 Å². The fraction of sp³-hybridized carbons (Fsp3) is 0.821. The zero-order chi connectivity index (χ0) is 35.8. The van der Waals surface area contributed by atoms with Gasteiger partial charge in [0.1, 0.15) is 13.2 Å². The summed E-state index contributed by atoms with van der Waals surface area (Å²) in [7, 11) is 1.22. The molecule has 0 aliphatic rings. The Balaban J connectivity index is 4.47. The van der Waals surface area contributed by atoms with Crippen LogP contribution in [0.2, 0.25) is 0 Å². The zero-order valence-electron chi connectivity index (χ0n) is 31.7. The summed E-state index contributed by atoms with van der Waals surface area (Å²) in [5, 5.41) is 13.6. The van der Waals surface area contributed by atoms with Crippen LogP contribution in [-0.4, -0.2) is 68.5 Å². The zero-order valence-corrected chi connectivity index (χ0v) is 32.6. The number of hydrogen-bond donors (Lipinski definition) is 2. The van der Waals surface area contributed by atoms with E-state index in [0.29, 0.717) is 17.4 Å². The predicted octanol–water partition coefficient (Wildman–Crippen LogP) is 9.33. The van der Waals surface area contributed by atoms with Crippen molar-refractivity contribution in [1.82, 2.24) is 5.32 Å².